The van der Waals surface area contributed by atoms with E-state index in [1.54, 1.807) is 11.3 Å². The Bertz CT molecular complexity index is 753. The highest BCUT2D eigenvalue weighted by atomic mass is 32.1. The molecular weight excluding hydrogens is 404 g/mol. The Morgan fingerprint density at radius 2 is 2.10 bits per heavy atom. The van der Waals surface area contributed by atoms with Crippen LogP contribution in [0.4, 0.5) is 0 Å². The monoisotopic (exact) mass is 436 g/mol. The summed E-state index contributed by atoms with van der Waals surface area (Å²) in [6, 6.07) is 4.37. The molecule has 0 bridgehead atoms. The molecule has 0 radical (unpaired) electrons. The van der Waals surface area contributed by atoms with Crippen molar-refractivity contribution in [3.05, 3.63) is 27.4 Å². The molecule has 2 aromatic rings. The molecule has 6 nitrogen and oxygen atoms in total. The van der Waals surface area contributed by atoms with Crippen molar-refractivity contribution in [2.24, 2.45) is 10.9 Å². The molecule has 3 heterocycles. The second-order valence-corrected chi connectivity index (χ2v) is 9.41. The summed E-state index contributed by atoms with van der Waals surface area (Å²) < 4.78 is 11.2. The zero-order valence-electron chi connectivity index (χ0n) is 17.4. The predicted molar refractivity (Wildman–Crippen MR) is 122 cm³/mol. The lowest BCUT2D eigenvalue weighted by Gasteiger charge is -2.21. The summed E-state index contributed by atoms with van der Waals surface area (Å²) in [6.45, 7) is 7.18. The van der Waals surface area contributed by atoms with E-state index in [9.17, 15) is 0 Å². The number of aromatic nitrogens is 1. The number of aryl methyl sites for hydroxylation is 1. The van der Waals surface area contributed by atoms with Crippen molar-refractivity contribution in [1.82, 2.24) is 15.6 Å². The summed E-state index contributed by atoms with van der Waals surface area (Å²) in [7, 11) is 1.81. The Balaban J connectivity index is 1.26. The van der Waals surface area contributed by atoms with Crippen molar-refractivity contribution < 1.29 is 9.47 Å². The summed E-state index contributed by atoms with van der Waals surface area (Å²) in [5.41, 5.74) is 1.09. The van der Waals surface area contributed by atoms with Gasteiger partial charge in [0.05, 0.1) is 15.6 Å². The average molecular weight is 437 g/mol. The van der Waals surface area contributed by atoms with E-state index < -0.39 is 0 Å². The molecule has 0 aromatic carbocycles. The van der Waals surface area contributed by atoms with Gasteiger partial charge in [0.25, 0.3) is 0 Å². The molecule has 0 saturated carbocycles. The molecule has 2 N–H and O–H groups in total. The van der Waals surface area contributed by atoms with Gasteiger partial charge in [0.15, 0.2) is 5.96 Å². The Morgan fingerprint density at radius 3 is 2.86 bits per heavy atom. The fraction of sp³-hybridized carbons (Fsp3) is 0.619. The minimum absolute atomic E-state index is 0.670. The molecule has 0 unspecified atom stereocenters. The number of nitrogens with zero attached hydrogens (tertiary/aromatic N) is 2. The molecule has 2 aromatic heterocycles. The van der Waals surface area contributed by atoms with E-state index in [-0.39, 0.29) is 0 Å². The van der Waals surface area contributed by atoms with E-state index in [0.29, 0.717) is 5.92 Å². The summed E-state index contributed by atoms with van der Waals surface area (Å²) in [5.74, 6) is 1.52. The second kappa shape index (κ2) is 12.3. The number of guanidine groups is 1. The van der Waals surface area contributed by atoms with Crippen LogP contribution in [0.15, 0.2) is 22.5 Å². The minimum Gasteiger partial charge on any atom is -0.381 e. The van der Waals surface area contributed by atoms with Crippen LogP contribution in [0.3, 0.4) is 0 Å². The number of nitrogens with one attached hydrogen (secondary N) is 2. The maximum Gasteiger partial charge on any atom is 0.190 e. The van der Waals surface area contributed by atoms with Crippen LogP contribution in [-0.4, -0.2) is 57.5 Å². The van der Waals surface area contributed by atoms with Crippen molar-refractivity contribution in [2.45, 2.75) is 32.6 Å². The minimum atomic E-state index is 0.670. The van der Waals surface area contributed by atoms with Gasteiger partial charge in [-0.3, -0.25) is 4.99 Å². The number of aliphatic imine (C=N–C) groups is 1. The number of thiophene rings is 1. The van der Waals surface area contributed by atoms with Crippen LogP contribution >= 0.6 is 22.7 Å². The SMILES string of the molecule is CN=C(NCCCOCC1CCOCC1)NCCc1ccc(-c2csc(C)n2)s1. The van der Waals surface area contributed by atoms with Crippen LogP contribution in [0.2, 0.25) is 0 Å². The molecule has 1 aliphatic rings. The van der Waals surface area contributed by atoms with Gasteiger partial charge in [-0.1, -0.05) is 0 Å². The molecule has 1 aliphatic heterocycles. The Hall–Kier alpha value is -1.48. The zero-order chi connectivity index (χ0) is 20.3. The lowest BCUT2D eigenvalue weighted by Crippen LogP contribution is -2.39. The maximum absolute atomic E-state index is 5.81. The maximum atomic E-state index is 5.81. The predicted octanol–water partition coefficient (Wildman–Crippen LogP) is 3.72. The van der Waals surface area contributed by atoms with Gasteiger partial charge in [0.2, 0.25) is 0 Å². The van der Waals surface area contributed by atoms with Crippen molar-refractivity contribution in [1.29, 1.82) is 0 Å². The molecular formula is C21H32N4O2S2. The fourth-order valence-electron chi connectivity index (χ4n) is 3.20. The number of hydrogen-bond acceptors (Lipinski definition) is 6. The van der Waals surface area contributed by atoms with Crippen LogP contribution in [0.5, 0.6) is 0 Å². The molecule has 3 rings (SSSR count). The van der Waals surface area contributed by atoms with Gasteiger partial charge in [-0.15, -0.1) is 22.7 Å². The van der Waals surface area contributed by atoms with E-state index in [2.05, 4.69) is 38.1 Å². The lowest BCUT2D eigenvalue weighted by atomic mass is 10.0. The lowest BCUT2D eigenvalue weighted by molar-refractivity contribution is 0.0203. The third kappa shape index (κ3) is 7.70. The largest absolute Gasteiger partial charge is 0.381 e. The molecule has 0 aliphatic carbocycles. The summed E-state index contributed by atoms with van der Waals surface area (Å²) in [6.07, 6.45) is 4.21. The molecule has 8 heteroatoms. The summed E-state index contributed by atoms with van der Waals surface area (Å²) in [4.78, 5) is 11.5. The van der Waals surface area contributed by atoms with Crippen LogP contribution in [-0.2, 0) is 15.9 Å². The van der Waals surface area contributed by atoms with E-state index in [1.165, 1.54) is 9.75 Å². The third-order valence-corrected chi connectivity index (χ3v) is 6.81. The normalized spacial score (nSPS) is 15.6. The molecule has 1 saturated heterocycles. The van der Waals surface area contributed by atoms with Gasteiger partial charge in [-0.25, -0.2) is 4.98 Å². The smallest absolute Gasteiger partial charge is 0.190 e. The van der Waals surface area contributed by atoms with E-state index in [4.69, 9.17) is 9.47 Å². The summed E-state index contributed by atoms with van der Waals surface area (Å²) in [5, 5.41) is 9.99. The molecule has 0 amide bonds. The highest BCUT2D eigenvalue weighted by Crippen LogP contribution is 2.29. The van der Waals surface area contributed by atoms with E-state index >= 15 is 0 Å². The second-order valence-electron chi connectivity index (χ2n) is 7.18. The Labute approximate surface area is 181 Å². The zero-order valence-corrected chi connectivity index (χ0v) is 19.0. The first-order chi connectivity index (χ1) is 14.2. The van der Waals surface area contributed by atoms with Gasteiger partial charge < -0.3 is 20.1 Å². The molecule has 1 fully saturated rings. The first-order valence-electron chi connectivity index (χ1n) is 10.4. The molecule has 29 heavy (non-hydrogen) atoms. The Kier molecular flexibility index (Phi) is 9.40. The molecule has 0 spiro atoms. The van der Waals surface area contributed by atoms with Crippen LogP contribution in [0.1, 0.15) is 29.1 Å². The number of hydrogen-bond donors (Lipinski definition) is 2. The highest BCUT2D eigenvalue weighted by Gasteiger charge is 2.13. The van der Waals surface area contributed by atoms with Gasteiger partial charge >= 0.3 is 0 Å². The van der Waals surface area contributed by atoms with Crippen molar-refractivity contribution in [3.63, 3.8) is 0 Å². The van der Waals surface area contributed by atoms with Crippen LogP contribution < -0.4 is 10.6 Å². The number of thiazole rings is 1. The standard InChI is InChI=1S/C21H32N4O2S2/c1-16-25-19(15-28-16)20-5-4-18(29-20)6-10-24-21(22-2)23-9-3-11-27-14-17-7-12-26-13-8-17/h4-5,15,17H,3,6-14H2,1-2H3,(H2,22,23,24). The van der Waals surface area contributed by atoms with Gasteiger partial charge in [-0.2, -0.15) is 0 Å². The van der Waals surface area contributed by atoms with E-state index in [0.717, 1.165) is 81.9 Å². The third-order valence-electron chi connectivity index (χ3n) is 4.87. The van der Waals surface area contributed by atoms with Gasteiger partial charge in [-0.05, 0) is 50.7 Å². The van der Waals surface area contributed by atoms with Crippen molar-refractivity contribution >= 4 is 28.6 Å². The molecule has 0 atom stereocenters. The number of rotatable bonds is 10. The number of ether oxygens (including phenoxy) is 2. The topological polar surface area (TPSA) is 67.8 Å². The van der Waals surface area contributed by atoms with Crippen molar-refractivity contribution in [2.75, 3.05) is 46.6 Å². The highest BCUT2D eigenvalue weighted by molar-refractivity contribution is 7.16. The first kappa shape index (κ1) is 22.2. The fourth-order valence-corrected chi connectivity index (χ4v) is 4.85. The average Bonchev–Trinajstić information content (AvgIpc) is 3.39. The first-order valence-corrected chi connectivity index (χ1v) is 12.1. The summed E-state index contributed by atoms with van der Waals surface area (Å²) >= 11 is 3.51. The Morgan fingerprint density at radius 1 is 1.28 bits per heavy atom. The van der Waals surface area contributed by atoms with E-state index in [1.807, 2.05) is 25.3 Å². The quantitative estimate of drug-likeness (QED) is 0.338. The van der Waals surface area contributed by atoms with Gasteiger partial charge in [0, 0.05) is 56.8 Å². The van der Waals surface area contributed by atoms with Crippen molar-refractivity contribution in [3.8, 4) is 10.6 Å². The van der Waals surface area contributed by atoms with Gasteiger partial charge in [0.1, 0.15) is 0 Å². The van der Waals surface area contributed by atoms with Crippen LogP contribution in [0, 0.1) is 12.8 Å². The molecule has 160 valence electrons. The van der Waals surface area contributed by atoms with Crippen LogP contribution in [0.25, 0.3) is 10.6 Å².